The van der Waals surface area contributed by atoms with Gasteiger partial charge in [-0.05, 0) is 42.8 Å². The first-order valence-electron chi connectivity index (χ1n) is 9.57. The molecule has 3 aromatic carbocycles. The van der Waals surface area contributed by atoms with E-state index in [0.29, 0.717) is 0 Å². The van der Waals surface area contributed by atoms with E-state index in [9.17, 15) is 0 Å². The van der Waals surface area contributed by atoms with Crippen molar-refractivity contribution in [1.29, 1.82) is 0 Å². The summed E-state index contributed by atoms with van der Waals surface area (Å²) in [7, 11) is 1.73. The lowest BCUT2D eigenvalue weighted by atomic mass is 10.0. The van der Waals surface area contributed by atoms with Crippen LogP contribution in [-0.2, 0) is 6.54 Å². The van der Waals surface area contributed by atoms with Crippen LogP contribution in [0.5, 0.6) is 5.75 Å². The van der Waals surface area contributed by atoms with Gasteiger partial charge in [0.2, 0.25) is 0 Å². The van der Waals surface area contributed by atoms with Gasteiger partial charge in [0.25, 0.3) is 0 Å². The topological polar surface area (TPSA) is 39.1 Å². The van der Waals surface area contributed by atoms with Gasteiger partial charge in [0.1, 0.15) is 5.75 Å². The van der Waals surface area contributed by atoms with Gasteiger partial charge in [0.05, 0.1) is 19.0 Å². The van der Waals surface area contributed by atoms with Gasteiger partial charge in [-0.25, -0.2) is 4.68 Å². The second kappa shape index (κ2) is 7.87. The Morgan fingerprint density at radius 3 is 2.54 bits per heavy atom. The molecule has 0 fully saturated rings. The highest BCUT2D eigenvalue weighted by Gasteiger charge is 2.15. The van der Waals surface area contributed by atoms with Crippen molar-refractivity contribution < 1.29 is 4.74 Å². The molecular formula is C24H25N3O. The molecule has 0 saturated heterocycles. The maximum Gasteiger partial charge on any atom is 0.123 e. The van der Waals surface area contributed by atoms with E-state index in [0.717, 1.165) is 23.7 Å². The van der Waals surface area contributed by atoms with E-state index >= 15 is 0 Å². The number of ether oxygens (including phenoxy) is 1. The Labute approximate surface area is 165 Å². The number of rotatable bonds is 6. The largest absolute Gasteiger partial charge is 0.496 e. The summed E-state index contributed by atoms with van der Waals surface area (Å²) >= 11 is 0. The van der Waals surface area contributed by atoms with E-state index in [-0.39, 0.29) is 6.04 Å². The third kappa shape index (κ3) is 3.39. The molecular weight excluding hydrogens is 346 g/mol. The Morgan fingerprint density at radius 1 is 1.00 bits per heavy atom. The SMILES string of the molecule is COc1ccc2ccccc2c1CNC(C)c1cnn(-c2ccccc2)c1C. The Morgan fingerprint density at radius 2 is 1.75 bits per heavy atom. The molecule has 1 N–H and O–H groups in total. The fourth-order valence-corrected chi connectivity index (χ4v) is 3.73. The van der Waals surface area contributed by atoms with Gasteiger partial charge in [-0.2, -0.15) is 5.10 Å². The Kier molecular flexibility index (Phi) is 5.13. The number of aromatic nitrogens is 2. The van der Waals surface area contributed by atoms with Crippen LogP contribution in [0.1, 0.15) is 29.8 Å². The van der Waals surface area contributed by atoms with Crippen LogP contribution in [0.2, 0.25) is 0 Å². The number of nitrogens with one attached hydrogen (secondary N) is 1. The van der Waals surface area contributed by atoms with E-state index in [4.69, 9.17) is 4.74 Å². The number of fused-ring (bicyclic) bond motifs is 1. The van der Waals surface area contributed by atoms with Crippen molar-refractivity contribution in [3.05, 3.63) is 89.7 Å². The number of para-hydroxylation sites is 1. The van der Waals surface area contributed by atoms with Crippen LogP contribution >= 0.6 is 0 Å². The lowest BCUT2D eigenvalue weighted by Crippen LogP contribution is -2.19. The van der Waals surface area contributed by atoms with Gasteiger partial charge in [-0.3, -0.25) is 0 Å². The van der Waals surface area contributed by atoms with Crippen LogP contribution in [0.25, 0.3) is 16.5 Å². The number of hydrogen-bond acceptors (Lipinski definition) is 3. The van der Waals surface area contributed by atoms with Crippen molar-refractivity contribution >= 4 is 10.8 Å². The summed E-state index contributed by atoms with van der Waals surface area (Å²) in [5, 5.41) is 10.7. The molecule has 4 heteroatoms. The van der Waals surface area contributed by atoms with Crippen molar-refractivity contribution in [3.8, 4) is 11.4 Å². The average molecular weight is 371 g/mol. The molecule has 0 spiro atoms. The highest BCUT2D eigenvalue weighted by molar-refractivity contribution is 5.87. The van der Waals surface area contributed by atoms with E-state index < -0.39 is 0 Å². The summed E-state index contributed by atoms with van der Waals surface area (Å²) in [6, 6.07) is 23.0. The molecule has 0 amide bonds. The lowest BCUT2D eigenvalue weighted by molar-refractivity contribution is 0.407. The van der Waals surface area contributed by atoms with E-state index in [1.54, 1.807) is 7.11 Å². The Hall–Kier alpha value is -3.11. The fraction of sp³-hybridized carbons (Fsp3) is 0.208. The molecule has 0 aliphatic carbocycles. The zero-order chi connectivity index (χ0) is 19.5. The van der Waals surface area contributed by atoms with Crippen molar-refractivity contribution in [2.45, 2.75) is 26.4 Å². The molecule has 0 aliphatic heterocycles. The van der Waals surface area contributed by atoms with Crippen molar-refractivity contribution in [2.24, 2.45) is 0 Å². The molecule has 1 aromatic heterocycles. The minimum atomic E-state index is 0.168. The Bertz CT molecular complexity index is 1090. The smallest absolute Gasteiger partial charge is 0.123 e. The monoisotopic (exact) mass is 371 g/mol. The van der Waals surface area contributed by atoms with Crippen LogP contribution in [0.15, 0.2) is 72.9 Å². The predicted octanol–water partition coefficient (Wildman–Crippen LogP) is 5.19. The zero-order valence-electron chi connectivity index (χ0n) is 16.5. The van der Waals surface area contributed by atoms with Crippen LogP contribution in [0.3, 0.4) is 0 Å². The molecule has 1 atom stereocenters. The van der Waals surface area contributed by atoms with E-state index in [1.807, 2.05) is 35.1 Å². The van der Waals surface area contributed by atoms with Gasteiger partial charge in [-0.15, -0.1) is 0 Å². The highest BCUT2D eigenvalue weighted by Crippen LogP contribution is 2.29. The first-order valence-corrected chi connectivity index (χ1v) is 9.57. The van der Waals surface area contributed by atoms with Crippen LogP contribution in [-0.4, -0.2) is 16.9 Å². The minimum absolute atomic E-state index is 0.168. The molecule has 28 heavy (non-hydrogen) atoms. The predicted molar refractivity (Wildman–Crippen MR) is 114 cm³/mol. The van der Waals surface area contributed by atoms with Crippen LogP contribution in [0.4, 0.5) is 0 Å². The number of benzene rings is 3. The average Bonchev–Trinajstić information content (AvgIpc) is 3.13. The normalized spacial score (nSPS) is 12.2. The quantitative estimate of drug-likeness (QED) is 0.507. The highest BCUT2D eigenvalue weighted by atomic mass is 16.5. The van der Waals surface area contributed by atoms with Gasteiger partial charge in [0.15, 0.2) is 0 Å². The molecule has 4 aromatic rings. The summed E-state index contributed by atoms with van der Waals surface area (Å²) in [5.41, 5.74) is 4.61. The molecule has 4 rings (SSSR count). The van der Waals surface area contributed by atoms with Gasteiger partial charge >= 0.3 is 0 Å². The fourth-order valence-electron chi connectivity index (χ4n) is 3.73. The summed E-state index contributed by atoms with van der Waals surface area (Å²) in [6.07, 6.45) is 1.96. The third-order valence-electron chi connectivity index (χ3n) is 5.32. The minimum Gasteiger partial charge on any atom is -0.496 e. The lowest BCUT2D eigenvalue weighted by Gasteiger charge is -2.17. The number of hydrogen-bond donors (Lipinski definition) is 1. The van der Waals surface area contributed by atoms with Crippen molar-refractivity contribution in [2.75, 3.05) is 7.11 Å². The van der Waals surface area contributed by atoms with Gasteiger partial charge < -0.3 is 10.1 Å². The number of nitrogens with zero attached hydrogens (tertiary/aromatic N) is 2. The molecule has 1 heterocycles. The molecule has 0 aliphatic rings. The molecule has 0 saturated carbocycles. The maximum absolute atomic E-state index is 5.62. The first kappa shape index (κ1) is 18.3. The summed E-state index contributed by atoms with van der Waals surface area (Å²) < 4.78 is 7.61. The van der Waals surface area contributed by atoms with Gasteiger partial charge in [0, 0.05) is 29.4 Å². The van der Waals surface area contributed by atoms with Gasteiger partial charge in [-0.1, -0.05) is 48.5 Å². The van der Waals surface area contributed by atoms with Crippen LogP contribution in [0, 0.1) is 6.92 Å². The molecule has 0 radical (unpaired) electrons. The molecule has 142 valence electrons. The number of methoxy groups -OCH3 is 1. The summed E-state index contributed by atoms with van der Waals surface area (Å²) in [4.78, 5) is 0. The third-order valence-corrected chi connectivity index (χ3v) is 5.32. The summed E-state index contributed by atoms with van der Waals surface area (Å²) in [5.74, 6) is 0.912. The molecule has 4 nitrogen and oxygen atoms in total. The molecule has 0 bridgehead atoms. The first-order chi connectivity index (χ1) is 13.7. The van der Waals surface area contributed by atoms with Crippen molar-refractivity contribution in [1.82, 2.24) is 15.1 Å². The second-order valence-corrected chi connectivity index (χ2v) is 7.00. The van der Waals surface area contributed by atoms with E-state index in [1.165, 1.54) is 21.9 Å². The zero-order valence-corrected chi connectivity index (χ0v) is 16.5. The van der Waals surface area contributed by atoms with Crippen LogP contribution < -0.4 is 10.1 Å². The summed E-state index contributed by atoms with van der Waals surface area (Å²) in [6.45, 7) is 5.02. The maximum atomic E-state index is 5.62. The van der Waals surface area contributed by atoms with Crippen molar-refractivity contribution in [3.63, 3.8) is 0 Å². The van der Waals surface area contributed by atoms with E-state index in [2.05, 4.69) is 66.7 Å². The Balaban J connectivity index is 1.58. The second-order valence-electron chi connectivity index (χ2n) is 7.00. The molecule has 1 unspecified atom stereocenters. The standard InChI is InChI=1S/C24H25N3O/c1-17(22-16-26-27(18(22)2)20-10-5-4-6-11-20)25-15-23-21-12-8-7-9-19(21)13-14-24(23)28-3/h4-14,16-17,25H,15H2,1-3H3.